The van der Waals surface area contributed by atoms with Crippen LogP contribution in [0.25, 0.3) is 0 Å². The number of phenolic OH excluding ortho intramolecular Hbond substituents is 1. The molecular weight excluding hydrogens is 210 g/mol. The zero-order valence-corrected chi connectivity index (χ0v) is 8.90. The maximum Gasteiger partial charge on any atom is 0.325 e. The van der Waals surface area contributed by atoms with Gasteiger partial charge in [0.2, 0.25) is 5.91 Å². The molecule has 1 amide bonds. The van der Waals surface area contributed by atoms with Crippen molar-refractivity contribution in [3.05, 3.63) is 29.8 Å². The van der Waals surface area contributed by atoms with Crippen molar-refractivity contribution in [3.63, 3.8) is 0 Å². The SMILES string of the molecule is COC(=O)CNC(=O)Cc1ccccc1O. The summed E-state index contributed by atoms with van der Waals surface area (Å²) in [6, 6.07) is 6.55. The summed E-state index contributed by atoms with van der Waals surface area (Å²) in [5, 5.41) is 11.8. The lowest BCUT2D eigenvalue weighted by Gasteiger charge is -2.05. The van der Waals surface area contributed by atoms with Crippen LogP contribution in [0.5, 0.6) is 5.75 Å². The first-order chi connectivity index (χ1) is 7.63. The molecule has 2 N–H and O–H groups in total. The number of carbonyl (C=O) groups is 2. The van der Waals surface area contributed by atoms with Crippen molar-refractivity contribution >= 4 is 11.9 Å². The number of esters is 1. The molecule has 0 saturated carbocycles. The Morgan fingerprint density at radius 2 is 2.06 bits per heavy atom. The number of methoxy groups -OCH3 is 1. The number of benzene rings is 1. The fourth-order valence-corrected chi connectivity index (χ4v) is 1.14. The Labute approximate surface area is 93.0 Å². The Kier molecular flexibility index (Phi) is 4.32. The number of aromatic hydroxyl groups is 1. The third-order valence-corrected chi connectivity index (χ3v) is 2.00. The van der Waals surface area contributed by atoms with Gasteiger partial charge >= 0.3 is 5.97 Å². The highest BCUT2D eigenvalue weighted by atomic mass is 16.5. The largest absolute Gasteiger partial charge is 0.508 e. The lowest BCUT2D eigenvalue weighted by molar-refractivity contribution is -0.141. The van der Waals surface area contributed by atoms with Crippen molar-refractivity contribution in [2.24, 2.45) is 0 Å². The van der Waals surface area contributed by atoms with Gasteiger partial charge in [-0.2, -0.15) is 0 Å². The molecule has 0 aliphatic rings. The first kappa shape index (κ1) is 12.0. The Balaban J connectivity index is 2.46. The summed E-state index contributed by atoms with van der Waals surface area (Å²) in [5.74, 6) is -0.784. The van der Waals surface area contributed by atoms with Crippen LogP contribution >= 0.6 is 0 Å². The second-order valence-electron chi connectivity index (χ2n) is 3.16. The molecule has 86 valence electrons. The Bertz CT molecular complexity index is 389. The number of ether oxygens (including phenoxy) is 1. The van der Waals surface area contributed by atoms with E-state index in [0.29, 0.717) is 5.56 Å². The van der Waals surface area contributed by atoms with Gasteiger partial charge in [-0.05, 0) is 6.07 Å². The van der Waals surface area contributed by atoms with Gasteiger partial charge in [-0.15, -0.1) is 0 Å². The number of para-hydroxylation sites is 1. The van der Waals surface area contributed by atoms with E-state index >= 15 is 0 Å². The minimum atomic E-state index is -0.509. The van der Waals surface area contributed by atoms with Gasteiger partial charge in [0.25, 0.3) is 0 Å². The predicted octanol–water partition coefficient (Wildman–Crippen LogP) is 0.224. The van der Waals surface area contributed by atoms with Gasteiger partial charge in [-0.3, -0.25) is 9.59 Å². The van der Waals surface area contributed by atoms with Crippen LogP contribution in [0.2, 0.25) is 0 Å². The van der Waals surface area contributed by atoms with E-state index in [1.54, 1.807) is 18.2 Å². The minimum Gasteiger partial charge on any atom is -0.508 e. The standard InChI is InChI=1S/C11H13NO4/c1-16-11(15)7-12-10(14)6-8-4-2-3-5-9(8)13/h2-5,13H,6-7H2,1H3,(H,12,14). The highest BCUT2D eigenvalue weighted by Gasteiger charge is 2.08. The highest BCUT2D eigenvalue weighted by molar-refractivity contribution is 5.83. The zero-order valence-electron chi connectivity index (χ0n) is 8.90. The van der Waals surface area contributed by atoms with Crippen molar-refractivity contribution < 1.29 is 19.4 Å². The number of carbonyl (C=O) groups excluding carboxylic acids is 2. The Morgan fingerprint density at radius 1 is 1.38 bits per heavy atom. The van der Waals surface area contributed by atoms with Gasteiger partial charge in [0.05, 0.1) is 13.5 Å². The smallest absolute Gasteiger partial charge is 0.325 e. The summed E-state index contributed by atoms with van der Waals surface area (Å²) < 4.78 is 4.37. The van der Waals surface area contributed by atoms with E-state index in [1.807, 2.05) is 0 Å². The van der Waals surface area contributed by atoms with Gasteiger partial charge in [0.15, 0.2) is 0 Å². The van der Waals surface area contributed by atoms with Crippen molar-refractivity contribution in [2.45, 2.75) is 6.42 Å². The lowest BCUT2D eigenvalue weighted by Crippen LogP contribution is -2.31. The average Bonchev–Trinajstić information content (AvgIpc) is 2.29. The van der Waals surface area contributed by atoms with E-state index in [2.05, 4.69) is 10.1 Å². The average molecular weight is 223 g/mol. The van der Waals surface area contributed by atoms with E-state index in [-0.39, 0.29) is 24.6 Å². The van der Waals surface area contributed by atoms with Crippen molar-refractivity contribution in [3.8, 4) is 5.75 Å². The highest BCUT2D eigenvalue weighted by Crippen LogP contribution is 2.15. The molecular formula is C11H13NO4. The first-order valence-electron chi connectivity index (χ1n) is 4.74. The molecule has 0 unspecified atom stereocenters. The summed E-state index contributed by atoms with van der Waals surface area (Å²) in [6.07, 6.45) is 0.0314. The first-order valence-corrected chi connectivity index (χ1v) is 4.74. The number of rotatable bonds is 4. The van der Waals surface area contributed by atoms with E-state index in [4.69, 9.17) is 0 Å². The summed E-state index contributed by atoms with van der Waals surface area (Å²) in [6.45, 7) is -0.164. The van der Waals surface area contributed by atoms with Gasteiger partial charge in [0, 0.05) is 5.56 Å². The molecule has 0 fully saturated rings. The molecule has 0 aromatic heterocycles. The van der Waals surface area contributed by atoms with Crippen LogP contribution < -0.4 is 5.32 Å². The minimum absolute atomic E-state index is 0.0314. The molecule has 0 radical (unpaired) electrons. The van der Waals surface area contributed by atoms with Gasteiger partial charge in [-0.1, -0.05) is 18.2 Å². The molecule has 0 aliphatic heterocycles. The van der Waals surface area contributed by atoms with Gasteiger partial charge in [0.1, 0.15) is 12.3 Å². The molecule has 0 bridgehead atoms. The van der Waals surface area contributed by atoms with E-state index in [1.165, 1.54) is 13.2 Å². The molecule has 0 heterocycles. The van der Waals surface area contributed by atoms with E-state index in [9.17, 15) is 14.7 Å². The number of hydrogen-bond donors (Lipinski definition) is 2. The molecule has 0 spiro atoms. The zero-order chi connectivity index (χ0) is 12.0. The monoisotopic (exact) mass is 223 g/mol. The number of nitrogens with one attached hydrogen (secondary N) is 1. The van der Waals surface area contributed by atoms with Crippen LogP contribution in [0.15, 0.2) is 24.3 Å². The molecule has 5 nitrogen and oxygen atoms in total. The summed E-state index contributed by atoms with van der Waals surface area (Å²) in [5.41, 5.74) is 0.518. The normalized spacial score (nSPS) is 9.56. The second-order valence-corrected chi connectivity index (χ2v) is 3.16. The Morgan fingerprint density at radius 3 is 2.69 bits per heavy atom. The van der Waals surface area contributed by atoms with Crippen LogP contribution in [-0.4, -0.2) is 30.6 Å². The van der Waals surface area contributed by atoms with E-state index < -0.39 is 5.97 Å². The van der Waals surface area contributed by atoms with Crippen LogP contribution in [0.1, 0.15) is 5.56 Å². The molecule has 5 heteroatoms. The molecule has 1 aromatic carbocycles. The van der Waals surface area contributed by atoms with Crippen LogP contribution in [-0.2, 0) is 20.7 Å². The maximum absolute atomic E-state index is 11.4. The maximum atomic E-state index is 11.4. The van der Waals surface area contributed by atoms with Crippen LogP contribution in [0.3, 0.4) is 0 Å². The summed E-state index contributed by atoms with van der Waals surface area (Å²) in [4.78, 5) is 22.1. The van der Waals surface area contributed by atoms with Crippen molar-refractivity contribution in [1.82, 2.24) is 5.32 Å². The lowest BCUT2D eigenvalue weighted by atomic mass is 10.1. The number of phenols is 1. The van der Waals surface area contributed by atoms with E-state index in [0.717, 1.165) is 0 Å². The van der Waals surface area contributed by atoms with Crippen molar-refractivity contribution in [1.29, 1.82) is 0 Å². The van der Waals surface area contributed by atoms with Gasteiger partial charge in [-0.25, -0.2) is 0 Å². The van der Waals surface area contributed by atoms with Crippen molar-refractivity contribution in [2.75, 3.05) is 13.7 Å². The molecule has 1 rings (SSSR count). The van der Waals surface area contributed by atoms with Crippen LogP contribution in [0.4, 0.5) is 0 Å². The Hall–Kier alpha value is -2.04. The number of hydrogen-bond acceptors (Lipinski definition) is 4. The molecule has 0 atom stereocenters. The summed E-state index contributed by atoms with van der Waals surface area (Å²) >= 11 is 0. The fraction of sp³-hybridized carbons (Fsp3) is 0.273. The third kappa shape index (κ3) is 3.61. The topological polar surface area (TPSA) is 75.6 Å². The molecule has 1 aromatic rings. The molecule has 0 saturated heterocycles. The summed E-state index contributed by atoms with van der Waals surface area (Å²) in [7, 11) is 1.25. The number of amides is 1. The predicted molar refractivity (Wildman–Crippen MR) is 56.8 cm³/mol. The molecule has 0 aliphatic carbocycles. The van der Waals surface area contributed by atoms with Crippen LogP contribution in [0, 0.1) is 0 Å². The third-order valence-electron chi connectivity index (χ3n) is 2.00. The second kappa shape index (κ2) is 5.75. The quantitative estimate of drug-likeness (QED) is 0.716. The van der Waals surface area contributed by atoms with Gasteiger partial charge < -0.3 is 15.2 Å². The molecule has 16 heavy (non-hydrogen) atoms. The fourth-order valence-electron chi connectivity index (χ4n) is 1.14.